The van der Waals surface area contributed by atoms with E-state index in [1.807, 2.05) is 45.0 Å². The van der Waals surface area contributed by atoms with Gasteiger partial charge in [-0.05, 0) is 37.7 Å². The van der Waals surface area contributed by atoms with Crippen LogP contribution in [0.3, 0.4) is 0 Å². The number of hydrogen-bond donors (Lipinski definition) is 2. The number of imide groups is 1. The summed E-state index contributed by atoms with van der Waals surface area (Å²) in [5, 5.41) is 5.85. The summed E-state index contributed by atoms with van der Waals surface area (Å²) in [6, 6.07) is 7.42. The Morgan fingerprint density at radius 2 is 2.00 bits per heavy atom. The van der Waals surface area contributed by atoms with E-state index in [1.165, 1.54) is 0 Å². The van der Waals surface area contributed by atoms with Crippen molar-refractivity contribution in [2.75, 3.05) is 6.54 Å². The Bertz CT molecular complexity index is 731. The maximum Gasteiger partial charge on any atom is 0.325 e. The number of aryl methyl sites for hydroxylation is 1. The van der Waals surface area contributed by atoms with Crippen molar-refractivity contribution in [1.29, 1.82) is 0 Å². The predicted molar refractivity (Wildman–Crippen MR) is 103 cm³/mol. The lowest BCUT2D eigenvalue weighted by Gasteiger charge is -2.36. The van der Waals surface area contributed by atoms with Gasteiger partial charge in [-0.1, -0.05) is 56.5 Å². The SMILES string of the molecule is CCC(NC(=O)CN1C(=O)NC2(CCCCC2C)C1=O)c1ccc(C)cc1. The van der Waals surface area contributed by atoms with E-state index in [0.717, 1.165) is 41.7 Å². The molecule has 2 aliphatic rings. The largest absolute Gasteiger partial charge is 0.348 e. The third kappa shape index (κ3) is 3.70. The van der Waals surface area contributed by atoms with E-state index >= 15 is 0 Å². The first kappa shape index (κ1) is 19.4. The highest BCUT2D eigenvalue weighted by Gasteiger charge is 2.55. The predicted octanol–water partition coefficient (Wildman–Crippen LogP) is 3.06. The molecule has 3 atom stereocenters. The van der Waals surface area contributed by atoms with Crippen LogP contribution in [0.4, 0.5) is 4.79 Å². The van der Waals surface area contributed by atoms with E-state index in [2.05, 4.69) is 10.6 Å². The molecular formula is C21H29N3O3. The lowest BCUT2D eigenvalue weighted by atomic mass is 9.73. The molecule has 1 aliphatic heterocycles. The Morgan fingerprint density at radius 1 is 1.30 bits per heavy atom. The van der Waals surface area contributed by atoms with Gasteiger partial charge < -0.3 is 10.6 Å². The molecule has 0 aromatic heterocycles. The van der Waals surface area contributed by atoms with Crippen molar-refractivity contribution in [3.8, 4) is 0 Å². The quantitative estimate of drug-likeness (QED) is 0.781. The Hall–Kier alpha value is -2.37. The van der Waals surface area contributed by atoms with Crippen LogP contribution in [0.5, 0.6) is 0 Å². The number of nitrogens with one attached hydrogen (secondary N) is 2. The van der Waals surface area contributed by atoms with Gasteiger partial charge in [0.15, 0.2) is 0 Å². The van der Waals surface area contributed by atoms with Gasteiger partial charge in [-0.25, -0.2) is 4.79 Å². The van der Waals surface area contributed by atoms with Gasteiger partial charge in [0.1, 0.15) is 12.1 Å². The normalized spacial score (nSPS) is 26.2. The molecule has 0 radical (unpaired) electrons. The van der Waals surface area contributed by atoms with Crippen molar-refractivity contribution in [2.24, 2.45) is 5.92 Å². The monoisotopic (exact) mass is 371 g/mol. The smallest absolute Gasteiger partial charge is 0.325 e. The summed E-state index contributed by atoms with van der Waals surface area (Å²) >= 11 is 0. The second-order valence-electron chi connectivity index (χ2n) is 7.88. The summed E-state index contributed by atoms with van der Waals surface area (Å²) in [6.07, 6.45) is 4.29. The first-order valence-corrected chi connectivity index (χ1v) is 9.87. The van der Waals surface area contributed by atoms with Gasteiger partial charge in [-0.15, -0.1) is 0 Å². The Kier molecular flexibility index (Phi) is 5.53. The van der Waals surface area contributed by atoms with E-state index in [1.54, 1.807) is 0 Å². The fourth-order valence-corrected chi connectivity index (χ4v) is 4.24. The fraction of sp³-hybridized carbons (Fsp3) is 0.571. The van der Waals surface area contributed by atoms with Crippen molar-refractivity contribution in [1.82, 2.24) is 15.5 Å². The third-order valence-electron chi connectivity index (χ3n) is 6.03. The van der Waals surface area contributed by atoms with Crippen LogP contribution in [0.2, 0.25) is 0 Å². The topological polar surface area (TPSA) is 78.5 Å². The maximum absolute atomic E-state index is 13.0. The molecule has 4 amide bonds. The van der Waals surface area contributed by atoms with E-state index in [9.17, 15) is 14.4 Å². The molecule has 3 unspecified atom stereocenters. The number of nitrogens with zero attached hydrogens (tertiary/aromatic N) is 1. The number of urea groups is 1. The number of carbonyl (C=O) groups is 3. The molecule has 1 aromatic carbocycles. The van der Waals surface area contributed by atoms with E-state index in [4.69, 9.17) is 0 Å². The van der Waals surface area contributed by atoms with Gasteiger partial charge in [0, 0.05) is 0 Å². The van der Waals surface area contributed by atoms with Crippen LogP contribution in [-0.4, -0.2) is 34.8 Å². The van der Waals surface area contributed by atoms with E-state index in [-0.39, 0.29) is 30.3 Å². The van der Waals surface area contributed by atoms with Crippen molar-refractivity contribution < 1.29 is 14.4 Å². The highest BCUT2D eigenvalue weighted by atomic mass is 16.2. The molecule has 1 heterocycles. The van der Waals surface area contributed by atoms with Gasteiger partial charge in [-0.3, -0.25) is 14.5 Å². The van der Waals surface area contributed by atoms with Crippen molar-refractivity contribution >= 4 is 17.8 Å². The molecule has 6 nitrogen and oxygen atoms in total. The van der Waals surface area contributed by atoms with Crippen LogP contribution in [-0.2, 0) is 9.59 Å². The summed E-state index contributed by atoms with van der Waals surface area (Å²) < 4.78 is 0. The zero-order valence-electron chi connectivity index (χ0n) is 16.4. The minimum Gasteiger partial charge on any atom is -0.348 e. The molecule has 2 N–H and O–H groups in total. The number of carbonyl (C=O) groups excluding carboxylic acids is 3. The molecule has 2 fully saturated rings. The van der Waals surface area contributed by atoms with Gasteiger partial charge >= 0.3 is 6.03 Å². The summed E-state index contributed by atoms with van der Waals surface area (Å²) in [5.74, 6) is -0.476. The zero-order chi connectivity index (χ0) is 19.6. The Morgan fingerprint density at radius 3 is 2.63 bits per heavy atom. The summed E-state index contributed by atoms with van der Waals surface area (Å²) in [7, 11) is 0. The summed E-state index contributed by atoms with van der Waals surface area (Å²) in [4.78, 5) is 39.0. The number of amides is 4. The van der Waals surface area contributed by atoms with Gasteiger partial charge in [-0.2, -0.15) is 0 Å². The molecule has 146 valence electrons. The average molecular weight is 371 g/mol. The average Bonchev–Trinajstić information content (AvgIpc) is 2.88. The second-order valence-corrected chi connectivity index (χ2v) is 7.88. The molecule has 0 bridgehead atoms. The number of rotatable bonds is 5. The highest BCUT2D eigenvalue weighted by molar-refractivity contribution is 6.09. The van der Waals surface area contributed by atoms with Gasteiger partial charge in [0.05, 0.1) is 6.04 Å². The van der Waals surface area contributed by atoms with Crippen LogP contribution in [0.1, 0.15) is 63.1 Å². The zero-order valence-corrected chi connectivity index (χ0v) is 16.4. The number of benzene rings is 1. The Balaban J connectivity index is 1.67. The molecule has 1 saturated carbocycles. The molecule has 6 heteroatoms. The molecule has 1 saturated heterocycles. The molecule has 1 aromatic rings. The number of hydrogen-bond acceptors (Lipinski definition) is 3. The maximum atomic E-state index is 13.0. The van der Waals surface area contributed by atoms with E-state index < -0.39 is 11.6 Å². The Labute approximate surface area is 160 Å². The molecular weight excluding hydrogens is 342 g/mol. The van der Waals surface area contributed by atoms with Crippen molar-refractivity contribution in [2.45, 2.75) is 64.5 Å². The standard InChI is InChI=1S/C21H29N3O3/c1-4-17(16-10-8-14(2)9-11-16)22-18(25)13-24-19(26)21(23-20(24)27)12-6-5-7-15(21)3/h8-11,15,17H,4-7,12-13H2,1-3H3,(H,22,25)(H,23,27). The van der Waals surface area contributed by atoms with Crippen LogP contribution >= 0.6 is 0 Å². The molecule has 3 rings (SSSR count). The highest BCUT2D eigenvalue weighted by Crippen LogP contribution is 2.38. The minimum atomic E-state index is -0.823. The van der Waals surface area contributed by atoms with Crippen LogP contribution in [0.15, 0.2) is 24.3 Å². The summed E-state index contributed by atoms with van der Waals surface area (Å²) in [5.41, 5.74) is 1.36. The lowest BCUT2D eigenvalue weighted by Crippen LogP contribution is -2.54. The van der Waals surface area contributed by atoms with Crippen LogP contribution < -0.4 is 10.6 Å². The van der Waals surface area contributed by atoms with Crippen molar-refractivity contribution in [3.05, 3.63) is 35.4 Å². The molecule has 27 heavy (non-hydrogen) atoms. The summed E-state index contributed by atoms with van der Waals surface area (Å²) in [6.45, 7) is 5.78. The lowest BCUT2D eigenvalue weighted by molar-refractivity contribution is -0.137. The fourth-order valence-electron chi connectivity index (χ4n) is 4.24. The molecule has 1 aliphatic carbocycles. The van der Waals surface area contributed by atoms with Crippen LogP contribution in [0, 0.1) is 12.8 Å². The van der Waals surface area contributed by atoms with Crippen LogP contribution in [0.25, 0.3) is 0 Å². The van der Waals surface area contributed by atoms with Crippen molar-refractivity contribution in [3.63, 3.8) is 0 Å². The first-order valence-electron chi connectivity index (χ1n) is 9.87. The van der Waals surface area contributed by atoms with Gasteiger partial charge in [0.25, 0.3) is 5.91 Å². The first-order chi connectivity index (χ1) is 12.9. The second kappa shape index (κ2) is 7.71. The van der Waals surface area contributed by atoms with Gasteiger partial charge in [0.2, 0.25) is 5.91 Å². The minimum absolute atomic E-state index is 0.0895. The molecule has 1 spiro atoms. The third-order valence-corrected chi connectivity index (χ3v) is 6.03. The van der Waals surface area contributed by atoms with E-state index in [0.29, 0.717) is 6.42 Å².